The fraction of sp³-hybridized carbons (Fsp3) is 0.500. The number of carbonyl (C=O) groups excluding carboxylic acids is 2. The van der Waals surface area contributed by atoms with Crippen molar-refractivity contribution in [1.82, 2.24) is 15.4 Å². The Morgan fingerprint density at radius 1 is 1.38 bits per heavy atom. The highest BCUT2D eigenvalue weighted by atomic mass is 16.5. The van der Waals surface area contributed by atoms with Crippen LogP contribution in [0.2, 0.25) is 0 Å². The molecule has 1 aliphatic heterocycles. The van der Waals surface area contributed by atoms with Gasteiger partial charge in [0.2, 0.25) is 12.3 Å². The van der Waals surface area contributed by atoms with Crippen molar-refractivity contribution in [2.75, 3.05) is 20.2 Å². The number of ether oxygens (including phenoxy) is 1. The quantitative estimate of drug-likeness (QED) is 0.455. The molecule has 0 radical (unpaired) electrons. The van der Waals surface area contributed by atoms with Crippen molar-refractivity contribution in [2.24, 2.45) is 5.92 Å². The van der Waals surface area contributed by atoms with E-state index in [1.807, 2.05) is 45.9 Å². The predicted molar refractivity (Wildman–Crippen MR) is 129 cm³/mol. The van der Waals surface area contributed by atoms with Crippen LogP contribution in [-0.2, 0) is 16.1 Å². The van der Waals surface area contributed by atoms with Crippen LogP contribution >= 0.6 is 0 Å². The third kappa shape index (κ3) is 7.09. The number of carbonyl (C=O) groups is 2. The molecular weight excluding hydrogens is 434 g/mol. The van der Waals surface area contributed by atoms with Crippen LogP contribution < -0.4 is 10.1 Å². The first-order valence-electron chi connectivity index (χ1n) is 11.5. The molecule has 2 heterocycles. The van der Waals surface area contributed by atoms with Gasteiger partial charge in [0.1, 0.15) is 17.4 Å². The number of β-amino-alcohol motifs (C(OH)–C–C–N with tert-alkyl or cyclic N) is 1. The van der Waals surface area contributed by atoms with Gasteiger partial charge in [0.25, 0.3) is 0 Å². The predicted octanol–water partition coefficient (Wildman–Crippen LogP) is 3.05. The minimum atomic E-state index is -0.396. The second-order valence-corrected chi connectivity index (χ2v) is 8.93. The standard InChI is InChI=1S/C15H24N2O3.C11H11NO2/c1-9(2)12-7-13(20-16-12)14(10(3)4)15(19)17-6-5-11(18)8-17;1-3-9-4-5-10(7-12-8-13)11(6-9)14-2/h7,9-11,14,18H,5-6,8H2,1-4H3;1,4-6,8H,7H2,2H3,(H,12,13). The van der Waals surface area contributed by atoms with E-state index in [0.717, 1.165) is 16.8 Å². The molecule has 184 valence electrons. The molecule has 0 saturated carbocycles. The van der Waals surface area contributed by atoms with E-state index in [-0.39, 0.29) is 23.7 Å². The normalized spacial score (nSPS) is 16.0. The number of rotatable bonds is 8. The van der Waals surface area contributed by atoms with E-state index in [1.54, 1.807) is 18.1 Å². The van der Waals surface area contributed by atoms with Gasteiger partial charge in [0.05, 0.1) is 18.9 Å². The van der Waals surface area contributed by atoms with Crippen LogP contribution in [0.15, 0.2) is 28.8 Å². The molecule has 8 heteroatoms. The number of aliphatic hydroxyl groups excluding tert-OH is 1. The second-order valence-electron chi connectivity index (χ2n) is 8.93. The van der Waals surface area contributed by atoms with E-state index in [4.69, 9.17) is 15.7 Å². The summed E-state index contributed by atoms with van der Waals surface area (Å²) in [5.74, 6) is 3.96. The van der Waals surface area contributed by atoms with Gasteiger partial charge in [-0.25, -0.2) is 0 Å². The van der Waals surface area contributed by atoms with Gasteiger partial charge in [-0.2, -0.15) is 0 Å². The van der Waals surface area contributed by atoms with Crippen molar-refractivity contribution in [2.45, 2.75) is 58.6 Å². The summed E-state index contributed by atoms with van der Waals surface area (Å²) in [6.07, 6.45) is 6.15. The molecular formula is C26H35N3O5. The molecule has 2 atom stereocenters. The zero-order valence-electron chi connectivity index (χ0n) is 20.6. The van der Waals surface area contributed by atoms with Gasteiger partial charge >= 0.3 is 0 Å². The monoisotopic (exact) mass is 469 g/mol. The first-order chi connectivity index (χ1) is 16.2. The Morgan fingerprint density at radius 2 is 2.12 bits per heavy atom. The molecule has 2 N–H and O–H groups in total. The Kier molecular flexibility index (Phi) is 10.1. The van der Waals surface area contributed by atoms with Gasteiger partial charge in [0, 0.05) is 36.8 Å². The number of nitrogens with zero attached hydrogens (tertiary/aromatic N) is 2. The Bertz CT molecular complexity index is 993. The topological polar surface area (TPSA) is 105 Å². The molecule has 2 aromatic rings. The number of benzene rings is 1. The summed E-state index contributed by atoms with van der Waals surface area (Å²) in [5, 5.41) is 16.2. The van der Waals surface area contributed by atoms with Gasteiger partial charge < -0.3 is 24.6 Å². The smallest absolute Gasteiger partial charge is 0.233 e. The molecule has 0 aliphatic carbocycles. The molecule has 1 saturated heterocycles. The Morgan fingerprint density at radius 3 is 2.62 bits per heavy atom. The van der Waals surface area contributed by atoms with Gasteiger partial charge in [-0.3, -0.25) is 9.59 Å². The average Bonchev–Trinajstić information content (AvgIpc) is 3.47. The van der Waals surface area contributed by atoms with Crippen LogP contribution in [0, 0.1) is 18.3 Å². The molecule has 1 aromatic heterocycles. The lowest BCUT2D eigenvalue weighted by Crippen LogP contribution is -2.35. The summed E-state index contributed by atoms with van der Waals surface area (Å²) in [4.78, 5) is 24.5. The number of hydrogen-bond acceptors (Lipinski definition) is 6. The zero-order chi connectivity index (χ0) is 25.3. The third-order valence-corrected chi connectivity index (χ3v) is 5.68. The highest BCUT2D eigenvalue weighted by molar-refractivity contribution is 5.83. The number of terminal acetylenes is 1. The van der Waals surface area contributed by atoms with Gasteiger partial charge in [0.15, 0.2) is 0 Å². The number of likely N-dealkylation sites (tertiary alicyclic amines) is 1. The van der Waals surface area contributed by atoms with Crippen molar-refractivity contribution in [1.29, 1.82) is 0 Å². The van der Waals surface area contributed by atoms with Crippen molar-refractivity contribution in [3.05, 3.63) is 46.8 Å². The van der Waals surface area contributed by atoms with Crippen LogP contribution in [0.25, 0.3) is 0 Å². The fourth-order valence-corrected chi connectivity index (χ4v) is 3.73. The van der Waals surface area contributed by atoms with Crippen LogP contribution in [0.3, 0.4) is 0 Å². The molecule has 34 heavy (non-hydrogen) atoms. The molecule has 1 aromatic carbocycles. The lowest BCUT2D eigenvalue weighted by Gasteiger charge is -2.23. The van der Waals surface area contributed by atoms with Crippen LogP contribution in [0.5, 0.6) is 5.75 Å². The maximum absolute atomic E-state index is 12.6. The number of nitrogens with one attached hydrogen (secondary N) is 1. The summed E-state index contributed by atoms with van der Waals surface area (Å²) in [5.41, 5.74) is 2.54. The molecule has 3 rings (SSSR count). The Labute approximate surface area is 201 Å². The Balaban J connectivity index is 0.000000257. The lowest BCUT2D eigenvalue weighted by atomic mass is 9.91. The maximum Gasteiger partial charge on any atom is 0.233 e. The molecule has 8 nitrogen and oxygen atoms in total. The number of methoxy groups -OCH3 is 1. The Hall–Kier alpha value is -3.31. The van der Waals surface area contributed by atoms with Crippen molar-refractivity contribution >= 4 is 12.3 Å². The minimum absolute atomic E-state index is 0.0306. The molecule has 2 unspecified atom stereocenters. The number of amides is 2. The molecule has 0 spiro atoms. The third-order valence-electron chi connectivity index (χ3n) is 5.68. The summed E-state index contributed by atoms with van der Waals surface area (Å²) in [6.45, 7) is 9.59. The van der Waals surface area contributed by atoms with E-state index in [9.17, 15) is 14.7 Å². The number of aromatic nitrogens is 1. The summed E-state index contributed by atoms with van der Waals surface area (Å²) >= 11 is 0. The first kappa shape index (κ1) is 26.9. The van der Waals surface area contributed by atoms with Gasteiger partial charge in [-0.1, -0.05) is 44.8 Å². The van der Waals surface area contributed by atoms with Gasteiger partial charge in [-0.15, -0.1) is 6.42 Å². The summed E-state index contributed by atoms with van der Waals surface area (Å²) < 4.78 is 10.5. The first-order valence-corrected chi connectivity index (χ1v) is 11.5. The van der Waals surface area contributed by atoms with Crippen molar-refractivity contribution in [3.63, 3.8) is 0 Å². The maximum atomic E-state index is 12.6. The van der Waals surface area contributed by atoms with E-state index in [0.29, 0.717) is 44.0 Å². The molecule has 0 bridgehead atoms. The SMILES string of the molecule is C#Cc1ccc(CNC=O)c(OC)c1.CC(C)c1cc(C(C(=O)N2CCC(O)C2)C(C)C)on1. The zero-order valence-corrected chi connectivity index (χ0v) is 20.6. The second kappa shape index (κ2) is 12.8. The number of aliphatic hydroxyl groups is 1. The highest BCUT2D eigenvalue weighted by Crippen LogP contribution is 2.30. The van der Waals surface area contributed by atoms with E-state index in [1.165, 1.54) is 0 Å². The molecule has 1 aliphatic rings. The van der Waals surface area contributed by atoms with E-state index in [2.05, 4.69) is 16.4 Å². The number of hydrogen-bond donors (Lipinski definition) is 2. The lowest BCUT2D eigenvalue weighted by molar-refractivity contribution is -0.133. The fourth-order valence-electron chi connectivity index (χ4n) is 3.73. The highest BCUT2D eigenvalue weighted by Gasteiger charge is 2.35. The van der Waals surface area contributed by atoms with Crippen molar-refractivity contribution in [3.8, 4) is 18.1 Å². The summed E-state index contributed by atoms with van der Waals surface area (Å²) in [7, 11) is 1.57. The molecule has 1 fully saturated rings. The van der Waals surface area contributed by atoms with E-state index < -0.39 is 6.10 Å². The van der Waals surface area contributed by atoms with Crippen LogP contribution in [-0.4, -0.2) is 53.8 Å². The van der Waals surface area contributed by atoms with Gasteiger partial charge in [-0.05, 0) is 30.4 Å². The minimum Gasteiger partial charge on any atom is -0.496 e. The van der Waals surface area contributed by atoms with Crippen LogP contribution in [0.4, 0.5) is 0 Å². The summed E-state index contributed by atoms with van der Waals surface area (Å²) in [6, 6.07) is 7.30. The van der Waals surface area contributed by atoms with Crippen molar-refractivity contribution < 1.29 is 24.0 Å². The molecule has 2 amide bonds. The largest absolute Gasteiger partial charge is 0.496 e. The van der Waals surface area contributed by atoms with E-state index >= 15 is 0 Å². The average molecular weight is 470 g/mol. The van der Waals surface area contributed by atoms with Crippen LogP contribution in [0.1, 0.15) is 68.5 Å².